The summed E-state index contributed by atoms with van der Waals surface area (Å²) in [6, 6.07) is 5.18. The van der Waals surface area contributed by atoms with Crippen molar-refractivity contribution in [1.82, 2.24) is 8.96 Å². The van der Waals surface area contributed by atoms with Crippen LogP contribution in [0.2, 0.25) is 0 Å². The first-order valence-corrected chi connectivity index (χ1v) is 7.87. The Balaban J connectivity index is 2.54. The number of methoxy groups -OCH3 is 1. The third-order valence-electron chi connectivity index (χ3n) is 2.69. The van der Waals surface area contributed by atoms with Crippen molar-refractivity contribution < 1.29 is 17.9 Å². The molecule has 1 heterocycles. The van der Waals surface area contributed by atoms with Gasteiger partial charge in [-0.25, -0.2) is 17.4 Å². The second-order valence-electron chi connectivity index (χ2n) is 4.11. The summed E-state index contributed by atoms with van der Waals surface area (Å²) in [5, 5.41) is 0. The van der Waals surface area contributed by atoms with Crippen LogP contribution in [0.25, 0.3) is 11.4 Å². The Bertz CT molecular complexity index is 707. The van der Waals surface area contributed by atoms with E-state index in [0.717, 1.165) is 10.2 Å². The van der Waals surface area contributed by atoms with Gasteiger partial charge < -0.3 is 9.47 Å². The lowest BCUT2D eigenvalue weighted by Gasteiger charge is -2.11. The Morgan fingerprint density at radius 2 is 2.05 bits per heavy atom. The zero-order valence-electron chi connectivity index (χ0n) is 11.5. The molecular formula is C13H16N2O4S. The van der Waals surface area contributed by atoms with Crippen LogP contribution in [-0.4, -0.2) is 37.3 Å². The highest BCUT2D eigenvalue weighted by atomic mass is 32.2. The molecule has 20 heavy (non-hydrogen) atoms. The monoisotopic (exact) mass is 296 g/mol. The van der Waals surface area contributed by atoms with Crippen LogP contribution < -0.4 is 9.47 Å². The van der Waals surface area contributed by atoms with Gasteiger partial charge in [0.05, 0.1) is 20.0 Å². The van der Waals surface area contributed by atoms with Crippen molar-refractivity contribution in [3.63, 3.8) is 0 Å². The van der Waals surface area contributed by atoms with Crippen molar-refractivity contribution in [2.75, 3.05) is 20.0 Å². The second kappa shape index (κ2) is 5.54. The minimum Gasteiger partial charge on any atom is -0.493 e. The van der Waals surface area contributed by atoms with Gasteiger partial charge in [0.25, 0.3) is 0 Å². The van der Waals surface area contributed by atoms with Crippen molar-refractivity contribution in [1.29, 1.82) is 0 Å². The molecule has 0 atom stereocenters. The molecule has 0 N–H and O–H groups in total. The van der Waals surface area contributed by atoms with Gasteiger partial charge in [0.1, 0.15) is 0 Å². The summed E-state index contributed by atoms with van der Waals surface area (Å²) in [6.45, 7) is 2.35. The molecule has 1 aromatic heterocycles. The average Bonchev–Trinajstić information content (AvgIpc) is 2.88. The molecule has 0 amide bonds. The zero-order chi connectivity index (χ0) is 14.8. The van der Waals surface area contributed by atoms with Gasteiger partial charge in [-0.15, -0.1) is 0 Å². The van der Waals surface area contributed by atoms with Crippen molar-refractivity contribution in [3.8, 4) is 22.9 Å². The van der Waals surface area contributed by atoms with Crippen LogP contribution in [0.15, 0.2) is 30.6 Å². The van der Waals surface area contributed by atoms with Crippen LogP contribution in [0, 0.1) is 0 Å². The Morgan fingerprint density at radius 1 is 1.30 bits per heavy atom. The van der Waals surface area contributed by atoms with E-state index in [0.29, 0.717) is 29.5 Å². The van der Waals surface area contributed by atoms with Gasteiger partial charge in [-0.2, -0.15) is 0 Å². The maximum absolute atomic E-state index is 11.7. The zero-order valence-corrected chi connectivity index (χ0v) is 12.3. The van der Waals surface area contributed by atoms with Crippen LogP contribution in [0.3, 0.4) is 0 Å². The van der Waals surface area contributed by atoms with Gasteiger partial charge in [-0.3, -0.25) is 0 Å². The maximum atomic E-state index is 11.7. The predicted molar refractivity (Wildman–Crippen MR) is 75.6 cm³/mol. The molecule has 2 rings (SSSR count). The number of aromatic nitrogens is 2. The predicted octanol–water partition coefficient (Wildman–Crippen LogP) is 1.77. The molecule has 0 fully saturated rings. The summed E-state index contributed by atoms with van der Waals surface area (Å²) in [5.74, 6) is 1.49. The Kier molecular flexibility index (Phi) is 3.99. The molecule has 0 aliphatic heterocycles. The Hall–Kier alpha value is -2.02. The van der Waals surface area contributed by atoms with E-state index in [1.54, 1.807) is 25.3 Å². The van der Waals surface area contributed by atoms with E-state index in [9.17, 15) is 8.42 Å². The van der Waals surface area contributed by atoms with Crippen LogP contribution >= 0.6 is 0 Å². The van der Waals surface area contributed by atoms with Gasteiger partial charge >= 0.3 is 0 Å². The summed E-state index contributed by atoms with van der Waals surface area (Å²) in [7, 11) is -1.85. The smallest absolute Gasteiger partial charge is 0.237 e. The lowest BCUT2D eigenvalue weighted by atomic mass is 10.2. The van der Waals surface area contributed by atoms with Crippen molar-refractivity contribution >= 4 is 10.0 Å². The number of hydrogen-bond donors (Lipinski definition) is 0. The second-order valence-corrected chi connectivity index (χ2v) is 5.97. The van der Waals surface area contributed by atoms with Gasteiger partial charge in [0, 0.05) is 18.0 Å². The summed E-state index contributed by atoms with van der Waals surface area (Å²) in [5.41, 5.74) is 0.643. The lowest BCUT2D eigenvalue weighted by molar-refractivity contribution is 0.311. The first-order chi connectivity index (χ1) is 9.47. The molecule has 0 saturated carbocycles. The van der Waals surface area contributed by atoms with Crippen LogP contribution in [0.1, 0.15) is 6.92 Å². The summed E-state index contributed by atoms with van der Waals surface area (Å²) >= 11 is 0. The molecule has 0 aliphatic rings. The Morgan fingerprint density at radius 3 is 2.65 bits per heavy atom. The number of benzene rings is 1. The van der Waals surface area contributed by atoms with E-state index < -0.39 is 10.0 Å². The molecule has 0 unspecified atom stereocenters. The molecule has 0 radical (unpaired) electrons. The quantitative estimate of drug-likeness (QED) is 0.841. The minimum atomic E-state index is -3.40. The molecule has 6 nitrogen and oxygen atoms in total. The number of ether oxygens (including phenoxy) is 2. The fourth-order valence-corrected chi connectivity index (χ4v) is 2.59. The molecule has 2 aromatic rings. The van der Waals surface area contributed by atoms with E-state index in [4.69, 9.17) is 9.47 Å². The third-order valence-corrected chi connectivity index (χ3v) is 3.70. The van der Waals surface area contributed by atoms with Gasteiger partial charge in [0.15, 0.2) is 17.3 Å². The third kappa shape index (κ3) is 2.77. The van der Waals surface area contributed by atoms with E-state index in [1.807, 2.05) is 6.92 Å². The van der Waals surface area contributed by atoms with Gasteiger partial charge in [-0.05, 0) is 25.1 Å². The molecule has 7 heteroatoms. The summed E-state index contributed by atoms with van der Waals surface area (Å²) in [6.07, 6.45) is 3.99. The molecule has 108 valence electrons. The average molecular weight is 296 g/mol. The van der Waals surface area contributed by atoms with E-state index in [2.05, 4.69) is 4.98 Å². The SMILES string of the molecule is CCOc1cc(-c2nccn2S(C)(=O)=O)ccc1OC. The van der Waals surface area contributed by atoms with Crippen LogP contribution in [-0.2, 0) is 10.0 Å². The molecule has 0 saturated heterocycles. The first-order valence-electron chi connectivity index (χ1n) is 6.02. The normalized spacial score (nSPS) is 11.3. The standard InChI is InChI=1S/C13H16N2O4S/c1-4-19-12-9-10(5-6-11(12)18-2)13-14-7-8-15(13)20(3,16)17/h5-9H,4H2,1-3H3. The molecule has 1 aromatic carbocycles. The highest BCUT2D eigenvalue weighted by Gasteiger charge is 2.15. The minimum absolute atomic E-state index is 0.344. The van der Waals surface area contributed by atoms with Gasteiger partial charge in [0.2, 0.25) is 10.0 Å². The lowest BCUT2D eigenvalue weighted by Crippen LogP contribution is -2.10. The van der Waals surface area contributed by atoms with E-state index >= 15 is 0 Å². The summed E-state index contributed by atoms with van der Waals surface area (Å²) < 4.78 is 35.2. The fourth-order valence-electron chi connectivity index (χ4n) is 1.85. The van der Waals surface area contributed by atoms with E-state index in [1.165, 1.54) is 12.4 Å². The highest BCUT2D eigenvalue weighted by Crippen LogP contribution is 2.32. The van der Waals surface area contributed by atoms with Gasteiger partial charge in [-0.1, -0.05) is 0 Å². The maximum Gasteiger partial charge on any atom is 0.237 e. The molecule has 0 bridgehead atoms. The van der Waals surface area contributed by atoms with Crippen LogP contribution in [0.5, 0.6) is 11.5 Å². The fraction of sp³-hybridized carbons (Fsp3) is 0.308. The van der Waals surface area contributed by atoms with E-state index in [-0.39, 0.29) is 0 Å². The van der Waals surface area contributed by atoms with Crippen molar-refractivity contribution in [2.45, 2.75) is 6.92 Å². The summed E-state index contributed by atoms with van der Waals surface area (Å²) in [4.78, 5) is 4.10. The van der Waals surface area contributed by atoms with Crippen LogP contribution in [0.4, 0.5) is 0 Å². The largest absolute Gasteiger partial charge is 0.493 e. The number of hydrogen-bond acceptors (Lipinski definition) is 5. The number of imidazole rings is 1. The van der Waals surface area contributed by atoms with Crippen molar-refractivity contribution in [2.24, 2.45) is 0 Å². The topological polar surface area (TPSA) is 70.4 Å². The number of rotatable bonds is 5. The molecule has 0 spiro atoms. The Labute approximate surface area is 118 Å². The van der Waals surface area contributed by atoms with Crippen molar-refractivity contribution in [3.05, 3.63) is 30.6 Å². The molecular weight excluding hydrogens is 280 g/mol. The highest BCUT2D eigenvalue weighted by molar-refractivity contribution is 7.89. The molecule has 0 aliphatic carbocycles. The number of nitrogens with zero attached hydrogens (tertiary/aromatic N) is 2. The first kappa shape index (κ1) is 14.4.